The van der Waals surface area contributed by atoms with Gasteiger partial charge in [-0.15, -0.1) is 0 Å². The van der Waals surface area contributed by atoms with Gasteiger partial charge in [-0.25, -0.2) is 0 Å². The molecular formula is C22H30N2O3. The van der Waals surface area contributed by atoms with Gasteiger partial charge in [-0.1, -0.05) is 33.8 Å². The van der Waals surface area contributed by atoms with Crippen LogP contribution in [-0.4, -0.2) is 41.0 Å². The molecule has 0 bridgehead atoms. The first kappa shape index (κ1) is 20.9. The van der Waals surface area contributed by atoms with Gasteiger partial charge in [-0.2, -0.15) is 0 Å². The number of hydrogen-bond acceptors (Lipinski definition) is 4. The molecule has 5 heteroatoms. The molecule has 1 amide bonds. The maximum absolute atomic E-state index is 12.7. The molecule has 0 aromatic heterocycles. The van der Waals surface area contributed by atoms with E-state index in [2.05, 4.69) is 18.8 Å². The zero-order valence-electron chi connectivity index (χ0n) is 16.8. The van der Waals surface area contributed by atoms with Crippen LogP contribution in [0, 0.1) is 5.41 Å². The predicted octanol–water partition coefficient (Wildman–Crippen LogP) is 4.85. The van der Waals surface area contributed by atoms with Gasteiger partial charge in [0.05, 0.1) is 11.3 Å². The van der Waals surface area contributed by atoms with Gasteiger partial charge in [0.2, 0.25) is 0 Å². The van der Waals surface area contributed by atoms with Crippen LogP contribution >= 0.6 is 0 Å². The van der Waals surface area contributed by atoms with Crippen LogP contribution in [0.25, 0.3) is 0 Å². The molecule has 0 unspecified atom stereocenters. The number of allylic oxidation sites excluding steroid dienone is 2. The maximum atomic E-state index is 12.7. The molecular weight excluding hydrogens is 340 g/mol. The van der Waals surface area contributed by atoms with Gasteiger partial charge in [0, 0.05) is 37.7 Å². The Hall–Kier alpha value is -2.43. The molecule has 1 N–H and O–H groups in total. The number of aliphatic imine (C=N–C) groups is 1. The summed E-state index contributed by atoms with van der Waals surface area (Å²) in [6, 6.07) is 7.08. The van der Waals surface area contributed by atoms with E-state index in [1.165, 1.54) is 6.21 Å². The van der Waals surface area contributed by atoms with Gasteiger partial charge < -0.3 is 10.0 Å². The van der Waals surface area contributed by atoms with Gasteiger partial charge in [-0.3, -0.25) is 14.6 Å². The van der Waals surface area contributed by atoms with Gasteiger partial charge in [0.25, 0.3) is 5.91 Å². The Morgan fingerprint density at radius 1 is 1.22 bits per heavy atom. The summed E-state index contributed by atoms with van der Waals surface area (Å²) in [7, 11) is 0. The van der Waals surface area contributed by atoms with Crippen LogP contribution in [0.4, 0.5) is 5.69 Å². The van der Waals surface area contributed by atoms with E-state index in [1.54, 1.807) is 24.3 Å². The third-order valence-corrected chi connectivity index (χ3v) is 4.61. The topological polar surface area (TPSA) is 70.0 Å². The number of rotatable bonds is 7. The Labute approximate surface area is 161 Å². The number of carbonyl (C=O) groups is 2. The van der Waals surface area contributed by atoms with E-state index in [4.69, 9.17) is 0 Å². The number of carbonyl (C=O) groups excluding carboxylic acids is 2. The number of benzene rings is 1. The van der Waals surface area contributed by atoms with Gasteiger partial charge in [0.15, 0.2) is 5.78 Å². The lowest BCUT2D eigenvalue weighted by Crippen LogP contribution is -2.32. The summed E-state index contributed by atoms with van der Waals surface area (Å²) < 4.78 is 0. The van der Waals surface area contributed by atoms with Crippen molar-refractivity contribution in [3.8, 4) is 0 Å². The highest BCUT2D eigenvalue weighted by Crippen LogP contribution is 2.35. The second-order valence-corrected chi connectivity index (χ2v) is 7.90. The van der Waals surface area contributed by atoms with E-state index < -0.39 is 0 Å². The van der Waals surface area contributed by atoms with Crippen LogP contribution in [-0.2, 0) is 4.79 Å². The molecule has 0 saturated carbocycles. The van der Waals surface area contributed by atoms with E-state index >= 15 is 0 Å². The van der Waals surface area contributed by atoms with Crippen molar-refractivity contribution in [2.75, 3.05) is 13.1 Å². The lowest BCUT2D eigenvalue weighted by Gasteiger charge is -2.28. The Morgan fingerprint density at radius 3 is 2.48 bits per heavy atom. The monoisotopic (exact) mass is 370 g/mol. The molecule has 1 aliphatic rings. The number of aliphatic hydroxyl groups is 1. The summed E-state index contributed by atoms with van der Waals surface area (Å²) in [6.45, 7) is 9.49. The molecule has 1 aromatic rings. The fraction of sp³-hybridized carbons (Fsp3) is 0.500. The van der Waals surface area contributed by atoms with Crippen molar-refractivity contribution in [3.05, 3.63) is 41.2 Å². The van der Waals surface area contributed by atoms with Crippen molar-refractivity contribution in [1.82, 2.24) is 4.90 Å². The smallest absolute Gasteiger partial charge is 0.253 e. The molecule has 0 aliphatic heterocycles. The van der Waals surface area contributed by atoms with Gasteiger partial charge >= 0.3 is 0 Å². The van der Waals surface area contributed by atoms with Crippen LogP contribution in [0.3, 0.4) is 0 Å². The molecule has 0 spiro atoms. The lowest BCUT2D eigenvalue weighted by atomic mass is 9.77. The maximum Gasteiger partial charge on any atom is 0.253 e. The van der Waals surface area contributed by atoms with Crippen LogP contribution in [0.1, 0.15) is 63.7 Å². The van der Waals surface area contributed by atoms with Crippen molar-refractivity contribution >= 4 is 23.6 Å². The number of Topliss-reactive ketones (excluding diaryl/α,β-unsaturated/α-hetero) is 1. The van der Waals surface area contributed by atoms with Crippen molar-refractivity contribution in [3.63, 3.8) is 0 Å². The fourth-order valence-corrected chi connectivity index (χ4v) is 3.34. The first-order valence-corrected chi connectivity index (χ1v) is 9.66. The highest BCUT2D eigenvalue weighted by Gasteiger charge is 2.32. The van der Waals surface area contributed by atoms with Crippen molar-refractivity contribution in [2.45, 2.75) is 53.4 Å². The zero-order valence-corrected chi connectivity index (χ0v) is 16.8. The average molecular weight is 370 g/mol. The third kappa shape index (κ3) is 5.52. The number of ketones is 1. The minimum Gasteiger partial charge on any atom is -0.511 e. The molecule has 0 fully saturated rings. The number of hydrogen-bond donors (Lipinski definition) is 1. The second-order valence-electron chi connectivity index (χ2n) is 7.90. The largest absolute Gasteiger partial charge is 0.511 e. The van der Waals surface area contributed by atoms with Crippen molar-refractivity contribution in [2.24, 2.45) is 10.4 Å². The minimum absolute atomic E-state index is 0.00620. The summed E-state index contributed by atoms with van der Waals surface area (Å²) in [5, 5.41) is 10.2. The molecule has 0 saturated heterocycles. The summed E-state index contributed by atoms with van der Waals surface area (Å²) in [6.07, 6.45) is 4.10. The van der Waals surface area contributed by atoms with E-state index in [1.807, 2.05) is 18.7 Å². The summed E-state index contributed by atoms with van der Waals surface area (Å²) >= 11 is 0. The van der Waals surface area contributed by atoms with Crippen LogP contribution < -0.4 is 0 Å². The minimum atomic E-state index is -0.229. The molecule has 1 aromatic carbocycles. The summed E-state index contributed by atoms with van der Waals surface area (Å²) in [5.74, 6) is -0.0191. The molecule has 146 valence electrons. The Kier molecular flexibility index (Phi) is 6.94. The Bertz CT molecular complexity index is 757. The summed E-state index contributed by atoms with van der Waals surface area (Å²) in [4.78, 5) is 31.2. The molecule has 0 radical (unpaired) electrons. The first-order chi connectivity index (χ1) is 12.8. The van der Waals surface area contributed by atoms with Crippen LogP contribution in [0.5, 0.6) is 0 Å². The normalized spacial score (nSPS) is 16.8. The Balaban J connectivity index is 2.21. The fourth-order valence-electron chi connectivity index (χ4n) is 3.34. The number of amides is 1. The molecule has 0 heterocycles. The van der Waals surface area contributed by atoms with E-state index in [9.17, 15) is 14.7 Å². The van der Waals surface area contributed by atoms with Crippen molar-refractivity contribution < 1.29 is 14.7 Å². The van der Waals surface area contributed by atoms with Gasteiger partial charge in [0.1, 0.15) is 5.76 Å². The first-order valence-electron chi connectivity index (χ1n) is 9.66. The van der Waals surface area contributed by atoms with Gasteiger partial charge in [-0.05, 0) is 36.5 Å². The molecule has 5 nitrogen and oxygen atoms in total. The highest BCUT2D eigenvalue weighted by molar-refractivity contribution is 6.15. The SMILES string of the molecule is CCCN(CCC)C(=O)c1cccc(N=CC2=C(O)CC(C)(C)CC2=O)c1. The van der Waals surface area contributed by atoms with E-state index in [0.29, 0.717) is 24.1 Å². The second kappa shape index (κ2) is 8.98. The Morgan fingerprint density at radius 2 is 1.89 bits per heavy atom. The van der Waals surface area contributed by atoms with E-state index in [-0.39, 0.29) is 28.4 Å². The molecule has 1 aliphatic carbocycles. The van der Waals surface area contributed by atoms with Crippen LogP contribution in [0.15, 0.2) is 40.6 Å². The molecule has 0 atom stereocenters. The average Bonchev–Trinajstić information content (AvgIpc) is 2.59. The molecule has 2 rings (SSSR count). The van der Waals surface area contributed by atoms with Crippen molar-refractivity contribution in [1.29, 1.82) is 0 Å². The predicted molar refractivity (Wildman–Crippen MR) is 109 cm³/mol. The quantitative estimate of drug-likeness (QED) is 0.697. The van der Waals surface area contributed by atoms with E-state index in [0.717, 1.165) is 25.9 Å². The molecule has 27 heavy (non-hydrogen) atoms. The number of aliphatic hydroxyl groups excluding tert-OH is 1. The van der Waals surface area contributed by atoms with Crippen LogP contribution in [0.2, 0.25) is 0 Å². The standard InChI is InChI=1S/C22H30N2O3/c1-5-10-24(11-6-2)21(27)16-8-7-9-17(12-16)23-15-18-19(25)13-22(3,4)14-20(18)26/h7-9,12,15,25H,5-6,10-11,13-14H2,1-4H3. The number of nitrogens with zero attached hydrogens (tertiary/aromatic N) is 2. The summed E-state index contributed by atoms with van der Waals surface area (Å²) in [5.41, 5.74) is 1.21. The highest BCUT2D eigenvalue weighted by atomic mass is 16.3. The third-order valence-electron chi connectivity index (χ3n) is 4.61. The lowest BCUT2D eigenvalue weighted by molar-refractivity contribution is -0.117. The zero-order chi connectivity index (χ0) is 20.0.